The van der Waals surface area contributed by atoms with E-state index < -0.39 is 6.36 Å². The molecule has 0 saturated heterocycles. The molecule has 1 aromatic carbocycles. The molecule has 0 bridgehead atoms. The van der Waals surface area contributed by atoms with Crippen LogP contribution in [-0.2, 0) is 4.79 Å². The SMILES string of the molecule is CCC1CC2=C(Sc3cc(OC(F)(F)F)ccc3N2)C(=O)N1. The van der Waals surface area contributed by atoms with E-state index in [9.17, 15) is 18.0 Å². The summed E-state index contributed by atoms with van der Waals surface area (Å²) in [7, 11) is 0. The molecular weight excluding hydrogens is 317 g/mol. The Labute approximate surface area is 129 Å². The summed E-state index contributed by atoms with van der Waals surface area (Å²) in [6.45, 7) is 1.99. The van der Waals surface area contributed by atoms with Crippen molar-refractivity contribution in [1.29, 1.82) is 0 Å². The van der Waals surface area contributed by atoms with Gasteiger partial charge in [0.05, 0.1) is 10.6 Å². The van der Waals surface area contributed by atoms with Crippen LogP contribution in [0.5, 0.6) is 5.75 Å². The number of thioether (sulfide) groups is 1. The molecule has 4 nitrogen and oxygen atoms in total. The van der Waals surface area contributed by atoms with E-state index in [1.54, 1.807) is 0 Å². The number of fused-ring (bicyclic) bond motifs is 1. The van der Waals surface area contributed by atoms with Crippen molar-refractivity contribution < 1.29 is 22.7 Å². The Bertz CT molecular complexity index is 658. The molecule has 2 aliphatic heterocycles. The van der Waals surface area contributed by atoms with Gasteiger partial charge in [-0.1, -0.05) is 18.7 Å². The molecule has 0 saturated carbocycles. The summed E-state index contributed by atoms with van der Waals surface area (Å²) in [5.74, 6) is -0.495. The fourth-order valence-electron chi connectivity index (χ4n) is 2.40. The van der Waals surface area contributed by atoms with Gasteiger partial charge in [0.25, 0.3) is 5.91 Å². The Hall–Kier alpha value is -1.83. The fourth-order valence-corrected chi connectivity index (χ4v) is 3.43. The highest BCUT2D eigenvalue weighted by Crippen LogP contribution is 2.44. The minimum Gasteiger partial charge on any atom is -0.406 e. The van der Waals surface area contributed by atoms with Gasteiger partial charge in [0, 0.05) is 23.1 Å². The zero-order valence-electron chi connectivity index (χ0n) is 11.6. The van der Waals surface area contributed by atoms with Crippen molar-refractivity contribution in [3.05, 3.63) is 28.8 Å². The maximum absolute atomic E-state index is 12.3. The molecule has 8 heteroatoms. The molecule has 2 N–H and O–H groups in total. The summed E-state index contributed by atoms with van der Waals surface area (Å²) < 4.78 is 40.7. The molecule has 2 aliphatic rings. The average Bonchev–Trinajstić information content (AvgIpc) is 2.44. The number of anilines is 1. The number of rotatable bonds is 2. The second-order valence-corrected chi connectivity index (χ2v) is 6.08. The van der Waals surface area contributed by atoms with Crippen molar-refractivity contribution in [1.82, 2.24) is 5.32 Å². The van der Waals surface area contributed by atoms with Crippen LogP contribution in [0.4, 0.5) is 18.9 Å². The number of alkyl halides is 3. The maximum atomic E-state index is 12.3. The first-order chi connectivity index (χ1) is 10.4. The lowest BCUT2D eigenvalue weighted by Crippen LogP contribution is -2.41. The van der Waals surface area contributed by atoms with E-state index in [1.807, 2.05) is 6.92 Å². The van der Waals surface area contributed by atoms with Gasteiger partial charge in [0.2, 0.25) is 0 Å². The summed E-state index contributed by atoms with van der Waals surface area (Å²) in [6.07, 6.45) is -3.23. The topological polar surface area (TPSA) is 50.4 Å². The zero-order chi connectivity index (χ0) is 15.9. The van der Waals surface area contributed by atoms with Crippen LogP contribution in [0.3, 0.4) is 0 Å². The van der Waals surface area contributed by atoms with Crippen LogP contribution < -0.4 is 15.4 Å². The number of carbonyl (C=O) groups is 1. The lowest BCUT2D eigenvalue weighted by molar-refractivity contribution is -0.274. The molecule has 1 amide bonds. The normalized spacial score (nSPS) is 20.7. The molecule has 22 heavy (non-hydrogen) atoms. The molecule has 0 spiro atoms. The van der Waals surface area contributed by atoms with E-state index in [4.69, 9.17) is 0 Å². The van der Waals surface area contributed by atoms with Crippen molar-refractivity contribution in [2.24, 2.45) is 0 Å². The van der Waals surface area contributed by atoms with Crippen LogP contribution in [0.1, 0.15) is 19.8 Å². The minimum atomic E-state index is -4.73. The van der Waals surface area contributed by atoms with Gasteiger partial charge in [-0.3, -0.25) is 4.79 Å². The maximum Gasteiger partial charge on any atom is 0.573 e. The van der Waals surface area contributed by atoms with Crippen molar-refractivity contribution >= 4 is 23.4 Å². The number of halogens is 3. The molecule has 0 aliphatic carbocycles. The molecule has 0 radical (unpaired) electrons. The first-order valence-electron chi connectivity index (χ1n) is 6.74. The van der Waals surface area contributed by atoms with E-state index in [-0.39, 0.29) is 17.7 Å². The summed E-state index contributed by atoms with van der Waals surface area (Å²) in [5.41, 5.74) is 1.50. The second kappa shape index (κ2) is 5.42. The Morgan fingerprint density at radius 3 is 2.86 bits per heavy atom. The van der Waals surface area contributed by atoms with Crippen molar-refractivity contribution in [3.8, 4) is 5.75 Å². The molecule has 0 fully saturated rings. The summed E-state index contributed by atoms with van der Waals surface area (Å²) >= 11 is 1.16. The van der Waals surface area contributed by atoms with Crippen LogP contribution in [-0.4, -0.2) is 18.3 Å². The fraction of sp³-hybridized carbons (Fsp3) is 0.357. The van der Waals surface area contributed by atoms with Gasteiger partial charge in [-0.2, -0.15) is 0 Å². The largest absolute Gasteiger partial charge is 0.573 e. The first kappa shape index (κ1) is 15.1. The number of hydrogen-bond acceptors (Lipinski definition) is 4. The summed E-state index contributed by atoms with van der Waals surface area (Å²) in [4.78, 5) is 13.1. The van der Waals surface area contributed by atoms with E-state index in [1.165, 1.54) is 18.2 Å². The molecule has 0 aromatic heterocycles. The first-order valence-corrected chi connectivity index (χ1v) is 7.56. The third kappa shape index (κ3) is 3.01. The number of ether oxygens (including phenoxy) is 1. The van der Waals surface area contributed by atoms with Gasteiger partial charge in [-0.25, -0.2) is 0 Å². The lowest BCUT2D eigenvalue weighted by atomic mass is 10.0. The molecular formula is C14H13F3N2O2S. The highest BCUT2D eigenvalue weighted by atomic mass is 32.2. The zero-order valence-corrected chi connectivity index (χ0v) is 12.4. The second-order valence-electron chi connectivity index (χ2n) is 5.02. The third-order valence-corrected chi connectivity index (χ3v) is 4.64. The van der Waals surface area contributed by atoms with Gasteiger partial charge >= 0.3 is 6.36 Å². The van der Waals surface area contributed by atoms with Gasteiger partial charge in [-0.05, 0) is 24.6 Å². The number of hydrogen-bond donors (Lipinski definition) is 2. The Morgan fingerprint density at radius 1 is 1.41 bits per heavy atom. The van der Waals surface area contributed by atoms with Crippen LogP contribution in [0.25, 0.3) is 0 Å². The van der Waals surface area contributed by atoms with Crippen LogP contribution in [0, 0.1) is 0 Å². The van der Waals surface area contributed by atoms with Gasteiger partial charge in [-0.15, -0.1) is 13.2 Å². The molecule has 1 atom stereocenters. The molecule has 1 aromatic rings. The van der Waals surface area contributed by atoms with E-state index >= 15 is 0 Å². The third-order valence-electron chi connectivity index (χ3n) is 3.44. The smallest absolute Gasteiger partial charge is 0.406 e. The molecule has 118 valence electrons. The predicted octanol–water partition coefficient (Wildman–Crippen LogP) is 3.61. The number of nitrogens with one attached hydrogen (secondary N) is 2. The Morgan fingerprint density at radius 2 is 2.18 bits per heavy atom. The average molecular weight is 330 g/mol. The summed E-state index contributed by atoms with van der Waals surface area (Å²) in [6, 6.07) is 4.14. The molecule has 2 heterocycles. The van der Waals surface area contributed by atoms with Crippen LogP contribution >= 0.6 is 11.8 Å². The Balaban J connectivity index is 1.86. The Kier molecular flexibility index (Phi) is 3.72. The quantitative estimate of drug-likeness (QED) is 0.870. The standard InChI is InChI=1S/C14H13F3N2O2S/c1-2-7-5-10-12(13(20)18-7)22-11-6-8(21-14(15,16)17)3-4-9(11)19-10/h3-4,6-7,19H,2,5H2,1H3,(H,18,20). The monoisotopic (exact) mass is 330 g/mol. The van der Waals surface area contributed by atoms with Crippen LogP contribution in [0.15, 0.2) is 33.7 Å². The number of carbonyl (C=O) groups excluding carboxylic acids is 1. The lowest BCUT2D eigenvalue weighted by Gasteiger charge is -2.31. The van der Waals surface area contributed by atoms with Gasteiger partial charge in [0.1, 0.15) is 5.75 Å². The van der Waals surface area contributed by atoms with Crippen molar-refractivity contribution in [3.63, 3.8) is 0 Å². The molecule has 3 rings (SSSR count). The van der Waals surface area contributed by atoms with E-state index in [2.05, 4.69) is 15.4 Å². The summed E-state index contributed by atoms with van der Waals surface area (Å²) in [5, 5.41) is 6.02. The van der Waals surface area contributed by atoms with Crippen molar-refractivity contribution in [2.45, 2.75) is 37.1 Å². The van der Waals surface area contributed by atoms with Crippen LogP contribution in [0.2, 0.25) is 0 Å². The number of amides is 1. The predicted molar refractivity (Wildman–Crippen MR) is 76.5 cm³/mol. The van der Waals surface area contributed by atoms with E-state index in [0.717, 1.165) is 23.9 Å². The van der Waals surface area contributed by atoms with Crippen molar-refractivity contribution in [2.75, 3.05) is 5.32 Å². The molecule has 1 unspecified atom stereocenters. The van der Waals surface area contributed by atoms with E-state index in [0.29, 0.717) is 21.9 Å². The minimum absolute atomic E-state index is 0.0775. The highest BCUT2D eigenvalue weighted by molar-refractivity contribution is 8.04. The van der Waals surface area contributed by atoms with Gasteiger partial charge in [0.15, 0.2) is 0 Å². The highest BCUT2D eigenvalue weighted by Gasteiger charge is 2.33. The number of benzene rings is 1. The van der Waals surface area contributed by atoms with Gasteiger partial charge < -0.3 is 15.4 Å².